The van der Waals surface area contributed by atoms with Gasteiger partial charge in [-0.15, -0.1) is 0 Å². The van der Waals surface area contributed by atoms with Gasteiger partial charge in [-0.05, 0) is 0 Å². The van der Waals surface area contributed by atoms with Crippen LogP contribution in [0.5, 0.6) is 0 Å². The molecule has 8 heteroatoms. The zero-order chi connectivity index (χ0) is 15.4. The van der Waals surface area contributed by atoms with Crippen molar-refractivity contribution in [2.24, 2.45) is 5.92 Å². The van der Waals surface area contributed by atoms with Crippen molar-refractivity contribution < 1.29 is 29.0 Å². The van der Waals surface area contributed by atoms with Crippen molar-refractivity contribution in [1.82, 2.24) is 9.80 Å². The maximum atomic E-state index is 12.5. The van der Waals surface area contributed by atoms with Gasteiger partial charge in [0.15, 0.2) is 6.04 Å². The van der Waals surface area contributed by atoms with Crippen LogP contribution in [0.2, 0.25) is 0 Å². The van der Waals surface area contributed by atoms with E-state index in [1.54, 1.807) is 12.0 Å². The average molecular weight is 300 g/mol. The fourth-order valence-electron chi connectivity index (χ4n) is 2.66. The Morgan fingerprint density at radius 3 is 2.90 bits per heavy atom. The molecule has 21 heavy (non-hydrogen) atoms. The van der Waals surface area contributed by atoms with Crippen molar-refractivity contribution in [1.29, 1.82) is 0 Å². The van der Waals surface area contributed by atoms with Crippen molar-refractivity contribution in [2.75, 3.05) is 46.6 Å². The number of hydrogen-bond acceptors (Lipinski definition) is 5. The van der Waals surface area contributed by atoms with Gasteiger partial charge in [0, 0.05) is 33.2 Å². The number of hydrogen-bond donors (Lipinski definition) is 1. The predicted molar refractivity (Wildman–Crippen MR) is 70.5 cm³/mol. The Bertz CT molecular complexity index is 427. The summed E-state index contributed by atoms with van der Waals surface area (Å²) >= 11 is 0. The van der Waals surface area contributed by atoms with Gasteiger partial charge in [-0.3, -0.25) is 9.59 Å². The van der Waals surface area contributed by atoms with Crippen molar-refractivity contribution in [2.45, 2.75) is 12.5 Å². The number of amides is 2. The lowest BCUT2D eigenvalue weighted by molar-refractivity contribution is -0.160. The van der Waals surface area contributed by atoms with Gasteiger partial charge < -0.3 is 24.4 Å². The summed E-state index contributed by atoms with van der Waals surface area (Å²) in [5.74, 6) is -1.93. The van der Waals surface area contributed by atoms with Crippen LogP contribution in [0.15, 0.2) is 0 Å². The molecule has 2 aliphatic rings. The van der Waals surface area contributed by atoms with Crippen molar-refractivity contribution in [3.8, 4) is 0 Å². The van der Waals surface area contributed by atoms with Crippen LogP contribution in [-0.4, -0.2) is 85.3 Å². The topological polar surface area (TPSA) is 96.4 Å². The van der Waals surface area contributed by atoms with Crippen LogP contribution in [0.4, 0.5) is 0 Å². The second-order valence-electron chi connectivity index (χ2n) is 5.19. The van der Waals surface area contributed by atoms with Gasteiger partial charge >= 0.3 is 5.97 Å². The molecule has 2 heterocycles. The Labute approximate surface area is 122 Å². The maximum Gasteiger partial charge on any atom is 0.328 e. The lowest BCUT2D eigenvalue weighted by atomic mass is 10.1. The van der Waals surface area contributed by atoms with Crippen molar-refractivity contribution in [3.05, 3.63) is 0 Å². The number of rotatable bonds is 5. The minimum absolute atomic E-state index is 0.00483. The summed E-state index contributed by atoms with van der Waals surface area (Å²) < 4.78 is 10.0. The molecule has 2 rings (SSSR count). The summed E-state index contributed by atoms with van der Waals surface area (Å²) in [5.41, 5.74) is 0. The van der Waals surface area contributed by atoms with Crippen LogP contribution in [0, 0.1) is 5.92 Å². The molecule has 1 N–H and O–H groups in total. The van der Waals surface area contributed by atoms with Crippen molar-refractivity contribution >= 4 is 17.8 Å². The molecular formula is C13H20N2O6. The molecule has 0 aliphatic carbocycles. The van der Waals surface area contributed by atoms with E-state index < -0.39 is 17.9 Å². The van der Waals surface area contributed by atoms with E-state index in [2.05, 4.69) is 0 Å². The zero-order valence-electron chi connectivity index (χ0n) is 12.0. The molecule has 0 saturated carbocycles. The smallest absolute Gasteiger partial charge is 0.328 e. The highest BCUT2D eigenvalue weighted by atomic mass is 16.5. The Balaban J connectivity index is 1.99. The lowest BCUT2D eigenvalue weighted by Gasteiger charge is -2.34. The number of carbonyl (C=O) groups excluding carboxylic acids is 2. The first-order valence-corrected chi connectivity index (χ1v) is 6.92. The van der Waals surface area contributed by atoms with Crippen LogP contribution in [0.25, 0.3) is 0 Å². The number of morpholine rings is 1. The highest BCUT2D eigenvalue weighted by Crippen LogP contribution is 2.22. The van der Waals surface area contributed by atoms with Gasteiger partial charge in [-0.25, -0.2) is 4.79 Å². The molecule has 0 aromatic rings. The second kappa shape index (κ2) is 6.86. The fraction of sp³-hybridized carbons (Fsp3) is 0.769. The largest absolute Gasteiger partial charge is 0.480 e. The van der Waals surface area contributed by atoms with Gasteiger partial charge in [-0.1, -0.05) is 0 Å². The number of likely N-dealkylation sites (tertiary alicyclic amines) is 1. The van der Waals surface area contributed by atoms with Crippen LogP contribution in [0.3, 0.4) is 0 Å². The minimum Gasteiger partial charge on any atom is -0.480 e. The molecule has 2 aliphatic heterocycles. The maximum absolute atomic E-state index is 12.5. The summed E-state index contributed by atoms with van der Waals surface area (Å²) in [4.78, 5) is 38.4. The summed E-state index contributed by atoms with van der Waals surface area (Å²) in [6.45, 7) is 1.76. The van der Waals surface area contributed by atoms with E-state index in [-0.39, 0.29) is 31.4 Å². The molecule has 0 bridgehead atoms. The van der Waals surface area contributed by atoms with Crippen LogP contribution in [-0.2, 0) is 23.9 Å². The molecule has 0 spiro atoms. The van der Waals surface area contributed by atoms with E-state index in [0.717, 1.165) is 0 Å². The number of ether oxygens (including phenoxy) is 2. The van der Waals surface area contributed by atoms with Gasteiger partial charge in [0.05, 0.1) is 25.7 Å². The number of nitrogens with zero attached hydrogens (tertiary/aromatic N) is 2. The molecule has 118 valence electrons. The molecule has 0 aromatic heterocycles. The van der Waals surface area contributed by atoms with E-state index in [0.29, 0.717) is 26.3 Å². The molecule has 2 amide bonds. The minimum atomic E-state index is -1.08. The molecule has 0 radical (unpaired) electrons. The van der Waals surface area contributed by atoms with E-state index in [1.807, 2.05) is 0 Å². The highest BCUT2D eigenvalue weighted by molar-refractivity contribution is 5.91. The Hall–Kier alpha value is -1.67. The lowest BCUT2D eigenvalue weighted by Crippen LogP contribution is -2.54. The molecule has 2 atom stereocenters. The van der Waals surface area contributed by atoms with Crippen LogP contribution in [0.1, 0.15) is 6.42 Å². The normalized spacial score (nSPS) is 26.2. The van der Waals surface area contributed by atoms with Crippen LogP contribution < -0.4 is 0 Å². The van der Waals surface area contributed by atoms with E-state index >= 15 is 0 Å². The molecular weight excluding hydrogens is 280 g/mol. The Kier molecular flexibility index (Phi) is 5.13. The monoisotopic (exact) mass is 300 g/mol. The first-order chi connectivity index (χ1) is 10.0. The third kappa shape index (κ3) is 3.51. The molecule has 0 aromatic carbocycles. The Morgan fingerprint density at radius 1 is 1.48 bits per heavy atom. The Morgan fingerprint density at radius 2 is 2.24 bits per heavy atom. The third-order valence-corrected chi connectivity index (χ3v) is 3.83. The number of methoxy groups -OCH3 is 1. The van der Waals surface area contributed by atoms with Crippen LogP contribution >= 0.6 is 0 Å². The summed E-state index contributed by atoms with van der Waals surface area (Å²) in [5, 5.41) is 9.15. The van der Waals surface area contributed by atoms with Gasteiger partial charge in [0.1, 0.15) is 0 Å². The second-order valence-corrected chi connectivity index (χ2v) is 5.19. The van der Waals surface area contributed by atoms with Gasteiger partial charge in [-0.2, -0.15) is 0 Å². The average Bonchev–Trinajstić information content (AvgIpc) is 2.85. The van der Waals surface area contributed by atoms with E-state index in [4.69, 9.17) is 14.6 Å². The number of aliphatic carboxylic acids is 1. The first-order valence-electron chi connectivity index (χ1n) is 6.92. The quantitative estimate of drug-likeness (QED) is 0.684. The van der Waals surface area contributed by atoms with Gasteiger partial charge in [0.2, 0.25) is 11.8 Å². The van der Waals surface area contributed by atoms with Crippen molar-refractivity contribution in [3.63, 3.8) is 0 Å². The fourth-order valence-corrected chi connectivity index (χ4v) is 2.66. The number of carboxylic acids is 1. The standard InChI is InChI=1S/C13H20N2O6/c1-20-4-2-14-7-9(6-11(14)16)12(17)15-3-5-21-8-10(15)13(18)19/h9-10H,2-8H2,1H3,(H,18,19). The molecule has 2 unspecified atom stereocenters. The SMILES string of the molecule is COCCN1CC(C(=O)N2CCOCC2C(=O)O)CC1=O. The number of carbonyl (C=O) groups is 3. The van der Waals surface area contributed by atoms with E-state index in [9.17, 15) is 14.4 Å². The first kappa shape index (κ1) is 15.7. The molecule has 2 saturated heterocycles. The zero-order valence-corrected chi connectivity index (χ0v) is 12.0. The predicted octanol–water partition coefficient (Wildman–Crippen LogP) is -1.21. The summed E-state index contributed by atoms with van der Waals surface area (Å²) in [6.07, 6.45) is 0.131. The highest BCUT2D eigenvalue weighted by Gasteiger charge is 2.40. The number of carboxylic acid groups (broad SMARTS) is 1. The molecule has 2 fully saturated rings. The molecule has 8 nitrogen and oxygen atoms in total. The summed E-state index contributed by atoms with van der Waals surface area (Å²) in [7, 11) is 1.55. The third-order valence-electron chi connectivity index (χ3n) is 3.83. The van der Waals surface area contributed by atoms with Gasteiger partial charge in [0.25, 0.3) is 0 Å². The summed E-state index contributed by atoms with van der Waals surface area (Å²) in [6, 6.07) is -0.964. The van der Waals surface area contributed by atoms with E-state index in [1.165, 1.54) is 4.90 Å².